The van der Waals surface area contributed by atoms with Crippen molar-refractivity contribution in [1.82, 2.24) is 14.9 Å². The van der Waals surface area contributed by atoms with Crippen LogP contribution in [0.1, 0.15) is 51.9 Å². The molecule has 1 saturated heterocycles. The molecule has 0 radical (unpaired) electrons. The summed E-state index contributed by atoms with van der Waals surface area (Å²) < 4.78 is 30.2. The quantitative estimate of drug-likeness (QED) is 0.272. The minimum Gasteiger partial charge on any atom is -0.385 e. The van der Waals surface area contributed by atoms with E-state index in [0.717, 1.165) is 51.5 Å². The van der Waals surface area contributed by atoms with Crippen molar-refractivity contribution < 1.29 is 13.2 Å². The van der Waals surface area contributed by atoms with Crippen molar-refractivity contribution in [3.63, 3.8) is 0 Å². The molecule has 2 N–H and O–H groups in total. The zero-order chi connectivity index (χ0) is 19.8. The number of methoxy groups -OCH3 is 1. The van der Waals surface area contributed by atoms with Gasteiger partial charge < -0.3 is 15.4 Å². The fourth-order valence-corrected chi connectivity index (χ4v) is 5.08. The number of nitrogens with one attached hydrogen (secondary N) is 2. The molecule has 0 aromatic carbocycles. The lowest BCUT2D eigenvalue weighted by molar-refractivity contribution is 0.141. The molecule has 9 heteroatoms. The Labute approximate surface area is 188 Å². The van der Waals surface area contributed by atoms with Gasteiger partial charge in [0.25, 0.3) is 0 Å². The molecule has 0 amide bonds. The zero-order valence-electron chi connectivity index (χ0n) is 17.7. The molecule has 2 aliphatic rings. The van der Waals surface area contributed by atoms with Gasteiger partial charge in [-0.2, -0.15) is 0 Å². The van der Waals surface area contributed by atoms with Gasteiger partial charge in [-0.15, -0.1) is 24.0 Å². The molecule has 2 rings (SSSR count). The molecule has 0 unspecified atom stereocenters. The minimum atomic E-state index is -3.06. The predicted octanol–water partition coefficient (Wildman–Crippen LogP) is 2.43. The van der Waals surface area contributed by atoms with E-state index in [1.165, 1.54) is 31.9 Å². The Hall–Kier alpha value is -0.130. The van der Waals surface area contributed by atoms with E-state index in [0.29, 0.717) is 24.4 Å². The van der Waals surface area contributed by atoms with Gasteiger partial charge in [-0.1, -0.05) is 12.8 Å². The number of rotatable bonds is 9. The first-order valence-corrected chi connectivity index (χ1v) is 12.2. The van der Waals surface area contributed by atoms with Crippen molar-refractivity contribution in [3.8, 4) is 0 Å². The SMILES string of the molecule is CCNC(=NCC1(CCOC)CCCC1)NCC1CCN(S(C)(=O)=O)CC1.I. The summed E-state index contributed by atoms with van der Waals surface area (Å²) in [6, 6.07) is 0. The van der Waals surface area contributed by atoms with E-state index in [1.54, 1.807) is 11.4 Å². The lowest BCUT2D eigenvalue weighted by Crippen LogP contribution is -2.44. The standard InChI is InChI=1S/C19H38N4O3S.HI/c1-4-20-18(22-16-19(11-14-26-2)9-5-6-10-19)21-15-17-7-12-23(13-8-17)27(3,24)25;/h17H,4-16H2,1-3H3,(H2,20,21,22);1H. The maximum absolute atomic E-state index is 11.6. The molecule has 0 atom stereocenters. The second-order valence-corrected chi connectivity index (χ2v) is 10.1. The van der Waals surface area contributed by atoms with Crippen LogP contribution in [-0.4, -0.2) is 71.4 Å². The maximum atomic E-state index is 11.6. The smallest absolute Gasteiger partial charge is 0.211 e. The van der Waals surface area contributed by atoms with Crippen LogP contribution in [0.5, 0.6) is 0 Å². The number of guanidine groups is 1. The highest BCUT2D eigenvalue weighted by atomic mass is 127. The number of ether oxygens (including phenoxy) is 1. The van der Waals surface area contributed by atoms with Crippen LogP contribution in [0.2, 0.25) is 0 Å². The third-order valence-corrected chi connectivity index (χ3v) is 7.32. The van der Waals surface area contributed by atoms with Gasteiger partial charge in [0.1, 0.15) is 0 Å². The molecule has 2 fully saturated rings. The van der Waals surface area contributed by atoms with E-state index in [9.17, 15) is 8.42 Å². The summed E-state index contributed by atoms with van der Waals surface area (Å²) in [7, 11) is -1.28. The largest absolute Gasteiger partial charge is 0.385 e. The van der Waals surface area contributed by atoms with Gasteiger partial charge in [0, 0.05) is 46.4 Å². The van der Waals surface area contributed by atoms with E-state index in [2.05, 4.69) is 17.6 Å². The summed E-state index contributed by atoms with van der Waals surface area (Å²) in [5, 5.41) is 6.83. The van der Waals surface area contributed by atoms with Crippen LogP contribution in [0, 0.1) is 11.3 Å². The van der Waals surface area contributed by atoms with Gasteiger partial charge in [0.15, 0.2) is 5.96 Å². The number of piperidine rings is 1. The molecule has 1 aliphatic carbocycles. The van der Waals surface area contributed by atoms with E-state index < -0.39 is 10.0 Å². The van der Waals surface area contributed by atoms with Crippen molar-refractivity contribution in [3.05, 3.63) is 0 Å². The third kappa shape index (κ3) is 8.31. The molecule has 166 valence electrons. The summed E-state index contributed by atoms with van der Waals surface area (Å²) in [6.07, 6.45) is 9.24. The lowest BCUT2D eigenvalue weighted by Gasteiger charge is -2.31. The first-order valence-electron chi connectivity index (χ1n) is 10.3. The zero-order valence-corrected chi connectivity index (χ0v) is 20.9. The number of hydrogen-bond acceptors (Lipinski definition) is 4. The monoisotopic (exact) mass is 530 g/mol. The molecule has 1 aliphatic heterocycles. The molecular weight excluding hydrogens is 491 g/mol. The number of sulfonamides is 1. The summed E-state index contributed by atoms with van der Waals surface area (Å²) in [5.74, 6) is 1.37. The summed E-state index contributed by atoms with van der Waals surface area (Å²) in [4.78, 5) is 4.89. The second-order valence-electron chi connectivity index (χ2n) is 8.13. The van der Waals surface area contributed by atoms with Crippen LogP contribution in [0.3, 0.4) is 0 Å². The van der Waals surface area contributed by atoms with Crippen LogP contribution in [0.25, 0.3) is 0 Å². The molecule has 0 bridgehead atoms. The molecule has 0 aromatic rings. The Morgan fingerprint density at radius 3 is 2.39 bits per heavy atom. The van der Waals surface area contributed by atoms with Crippen molar-refractivity contribution in [2.45, 2.75) is 51.9 Å². The molecule has 0 aromatic heterocycles. The number of nitrogens with zero attached hydrogens (tertiary/aromatic N) is 2. The molecule has 28 heavy (non-hydrogen) atoms. The van der Waals surface area contributed by atoms with Crippen molar-refractivity contribution >= 4 is 40.0 Å². The van der Waals surface area contributed by atoms with Gasteiger partial charge in [0.05, 0.1) is 6.26 Å². The van der Waals surface area contributed by atoms with Crippen LogP contribution >= 0.6 is 24.0 Å². The fourth-order valence-electron chi connectivity index (χ4n) is 4.21. The summed E-state index contributed by atoms with van der Waals surface area (Å²) in [5.41, 5.74) is 0.291. The van der Waals surface area contributed by atoms with Crippen LogP contribution in [0.15, 0.2) is 4.99 Å². The van der Waals surface area contributed by atoms with Crippen LogP contribution in [-0.2, 0) is 14.8 Å². The van der Waals surface area contributed by atoms with Crippen molar-refractivity contribution in [2.75, 3.05) is 52.7 Å². The molecule has 1 saturated carbocycles. The Morgan fingerprint density at radius 2 is 1.86 bits per heavy atom. The fraction of sp³-hybridized carbons (Fsp3) is 0.947. The Morgan fingerprint density at radius 1 is 1.21 bits per heavy atom. The number of hydrogen-bond donors (Lipinski definition) is 2. The molecule has 7 nitrogen and oxygen atoms in total. The van der Waals surface area contributed by atoms with Crippen LogP contribution < -0.4 is 10.6 Å². The highest BCUT2D eigenvalue weighted by Gasteiger charge is 2.33. The van der Waals surface area contributed by atoms with Gasteiger partial charge in [-0.3, -0.25) is 4.99 Å². The Bertz CT molecular complexity index is 572. The van der Waals surface area contributed by atoms with E-state index in [4.69, 9.17) is 9.73 Å². The highest BCUT2D eigenvalue weighted by Crippen LogP contribution is 2.41. The first-order chi connectivity index (χ1) is 12.9. The van der Waals surface area contributed by atoms with Crippen molar-refractivity contribution in [2.24, 2.45) is 16.3 Å². The van der Waals surface area contributed by atoms with Crippen molar-refractivity contribution in [1.29, 1.82) is 0 Å². The maximum Gasteiger partial charge on any atom is 0.211 e. The number of aliphatic imine (C=N–C) groups is 1. The second kappa shape index (κ2) is 12.5. The highest BCUT2D eigenvalue weighted by molar-refractivity contribution is 14.0. The minimum absolute atomic E-state index is 0. The Kier molecular flexibility index (Phi) is 11.6. The molecule has 0 spiro atoms. The average Bonchev–Trinajstić information content (AvgIpc) is 3.11. The van der Waals surface area contributed by atoms with E-state index in [-0.39, 0.29) is 24.0 Å². The van der Waals surface area contributed by atoms with E-state index in [1.807, 2.05) is 0 Å². The van der Waals surface area contributed by atoms with Gasteiger partial charge in [0.2, 0.25) is 10.0 Å². The van der Waals surface area contributed by atoms with Gasteiger partial charge in [-0.05, 0) is 50.4 Å². The first kappa shape index (κ1) is 25.9. The van der Waals surface area contributed by atoms with E-state index >= 15 is 0 Å². The normalized spacial score (nSPS) is 21.3. The topological polar surface area (TPSA) is 83.0 Å². The third-order valence-electron chi connectivity index (χ3n) is 6.02. The number of halogens is 1. The van der Waals surface area contributed by atoms with Crippen LogP contribution in [0.4, 0.5) is 0 Å². The Balaban J connectivity index is 0.00000392. The molecule has 1 heterocycles. The molecular formula is C19H39IN4O3S. The average molecular weight is 531 g/mol. The predicted molar refractivity (Wildman–Crippen MR) is 126 cm³/mol. The summed E-state index contributed by atoms with van der Waals surface area (Å²) >= 11 is 0. The van der Waals surface area contributed by atoms with Gasteiger partial charge >= 0.3 is 0 Å². The lowest BCUT2D eigenvalue weighted by atomic mass is 9.83. The van der Waals surface area contributed by atoms with Gasteiger partial charge in [-0.25, -0.2) is 12.7 Å². The summed E-state index contributed by atoms with van der Waals surface area (Å²) in [6.45, 7) is 6.66.